The minimum absolute atomic E-state index is 0.00829. The maximum absolute atomic E-state index is 12.9. The topological polar surface area (TPSA) is 80.6 Å². The van der Waals surface area contributed by atoms with Crippen molar-refractivity contribution in [2.75, 3.05) is 32.8 Å². The Labute approximate surface area is 170 Å². The number of carbonyl (C=O) groups excluding carboxylic acids is 2. The molecule has 0 atom stereocenters. The molecule has 154 valence electrons. The Bertz CT molecular complexity index is 917. The Morgan fingerprint density at radius 1 is 1.14 bits per heavy atom. The van der Waals surface area contributed by atoms with E-state index in [0.29, 0.717) is 57.8 Å². The summed E-state index contributed by atoms with van der Waals surface area (Å²) in [6, 6.07) is 1.87. The van der Waals surface area contributed by atoms with Crippen LogP contribution in [0.3, 0.4) is 0 Å². The van der Waals surface area contributed by atoms with Crippen molar-refractivity contribution in [1.29, 1.82) is 0 Å². The molecule has 8 heteroatoms. The number of ether oxygens (including phenoxy) is 1. The molecule has 2 aliphatic rings. The molecular formula is C21H27N5O3. The smallest absolute Gasteiger partial charge is 0.255 e. The number of nitrogens with zero attached hydrogens (tertiary/aromatic N) is 5. The van der Waals surface area contributed by atoms with Gasteiger partial charge in [0.25, 0.3) is 5.91 Å². The molecule has 1 saturated heterocycles. The number of fused-ring (bicyclic) bond motifs is 1. The highest BCUT2D eigenvalue weighted by Crippen LogP contribution is 2.24. The molecule has 2 aliphatic heterocycles. The molecule has 0 aromatic carbocycles. The summed E-state index contributed by atoms with van der Waals surface area (Å²) in [6.45, 7) is 5.65. The first kappa shape index (κ1) is 19.6. The molecule has 0 aliphatic carbocycles. The zero-order valence-corrected chi connectivity index (χ0v) is 17.1. The summed E-state index contributed by atoms with van der Waals surface area (Å²) in [6.07, 6.45) is 5.15. The van der Waals surface area contributed by atoms with Crippen molar-refractivity contribution in [3.8, 4) is 0 Å². The molecule has 2 amide bonds. The number of rotatable bonds is 4. The molecule has 0 saturated carbocycles. The van der Waals surface area contributed by atoms with Gasteiger partial charge in [-0.2, -0.15) is 5.10 Å². The van der Waals surface area contributed by atoms with Gasteiger partial charge in [-0.15, -0.1) is 0 Å². The number of hydrogen-bond donors (Lipinski definition) is 0. The monoisotopic (exact) mass is 397 g/mol. The quantitative estimate of drug-likeness (QED) is 0.772. The summed E-state index contributed by atoms with van der Waals surface area (Å²) in [5.74, 6) is 0.133. The second-order valence-electron chi connectivity index (χ2n) is 7.72. The first-order valence-corrected chi connectivity index (χ1v) is 10.1. The normalized spacial score (nSPS) is 16.6. The van der Waals surface area contributed by atoms with E-state index in [-0.39, 0.29) is 11.8 Å². The van der Waals surface area contributed by atoms with Crippen molar-refractivity contribution in [3.05, 3.63) is 46.5 Å². The number of amides is 2. The first-order chi connectivity index (χ1) is 14.0. The fourth-order valence-electron chi connectivity index (χ4n) is 4.09. The third-order valence-corrected chi connectivity index (χ3v) is 5.67. The molecule has 4 rings (SSSR count). The average Bonchev–Trinajstić information content (AvgIpc) is 3.07. The van der Waals surface area contributed by atoms with Gasteiger partial charge in [-0.3, -0.25) is 19.3 Å². The van der Waals surface area contributed by atoms with Crippen molar-refractivity contribution < 1.29 is 14.3 Å². The summed E-state index contributed by atoms with van der Waals surface area (Å²) in [5.41, 5.74) is 4.75. The van der Waals surface area contributed by atoms with Crippen LogP contribution in [0, 0.1) is 6.92 Å². The van der Waals surface area contributed by atoms with E-state index in [1.54, 1.807) is 12.4 Å². The lowest BCUT2D eigenvalue weighted by atomic mass is 10.0. The summed E-state index contributed by atoms with van der Waals surface area (Å²) < 4.78 is 7.22. The van der Waals surface area contributed by atoms with Crippen molar-refractivity contribution >= 4 is 11.8 Å². The summed E-state index contributed by atoms with van der Waals surface area (Å²) in [7, 11) is 1.94. The number of aryl methyl sites for hydroxylation is 3. The molecule has 1 fully saturated rings. The molecule has 0 spiro atoms. The van der Waals surface area contributed by atoms with Gasteiger partial charge in [0.1, 0.15) is 0 Å². The lowest BCUT2D eigenvalue weighted by molar-refractivity contribution is -0.135. The SMILES string of the molecule is Cc1cncc(C(=O)N2CCc3c(c(CCC(=O)N4CCOCC4)nn3C)C2)c1. The molecule has 2 aromatic heterocycles. The summed E-state index contributed by atoms with van der Waals surface area (Å²) in [4.78, 5) is 33.3. The van der Waals surface area contributed by atoms with Gasteiger partial charge in [0.15, 0.2) is 0 Å². The molecule has 0 bridgehead atoms. The van der Waals surface area contributed by atoms with Gasteiger partial charge in [-0.1, -0.05) is 0 Å². The predicted molar refractivity (Wildman–Crippen MR) is 106 cm³/mol. The van der Waals surface area contributed by atoms with Gasteiger partial charge in [-0.25, -0.2) is 0 Å². The van der Waals surface area contributed by atoms with E-state index in [4.69, 9.17) is 4.74 Å². The maximum Gasteiger partial charge on any atom is 0.255 e. The van der Waals surface area contributed by atoms with Gasteiger partial charge in [0.2, 0.25) is 5.91 Å². The van der Waals surface area contributed by atoms with Crippen LogP contribution in [0.2, 0.25) is 0 Å². The Hall–Kier alpha value is -2.74. The maximum atomic E-state index is 12.9. The molecule has 0 radical (unpaired) electrons. The molecule has 0 N–H and O–H groups in total. The predicted octanol–water partition coefficient (Wildman–Crippen LogP) is 1.11. The number of aromatic nitrogens is 3. The van der Waals surface area contributed by atoms with Crippen LogP contribution in [0.5, 0.6) is 0 Å². The summed E-state index contributed by atoms with van der Waals surface area (Å²) in [5, 5.41) is 4.66. The standard InChI is InChI=1S/C21H27N5O3/c1-15-11-16(13-22-12-15)21(28)26-6-5-19-17(14-26)18(23-24(19)2)3-4-20(27)25-7-9-29-10-8-25/h11-13H,3-10,14H2,1-2H3. The fourth-order valence-corrected chi connectivity index (χ4v) is 4.09. The lowest BCUT2D eigenvalue weighted by Crippen LogP contribution is -2.40. The molecule has 4 heterocycles. The van der Waals surface area contributed by atoms with E-state index in [1.165, 1.54) is 0 Å². The largest absolute Gasteiger partial charge is 0.378 e. The number of pyridine rings is 1. The third-order valence-electron chi connectivity index (χ3n) is 5.67. The third kappa shape index (κ3) is 4.17. The molecule has 2 aromatic rings. The number of hydrogen-bond acceptors (Lipinski definition) is 5. The zero-order chi connectivity index (χ0) is 20.4. The Morgan fingerprint density at radius 3 is 2.69 bits per heavy atom. The van der Waals surface area contributed by atoms with Crippen molar-refractivity contribution in [1.82, 2.24) is 24.6 Å². The molecule has 29 heavy (non-hydrogen) atoms. The van der Waals surface area contributed by atoms with Crippen LogP contribution < -0.4 is 0 Å². The van der Waals surface area contributed by atoms with Crippen molar-refractivity contribution in [3.63, 3.8) is 0 Å². The second-order valence-corrected chi connectivity index (χ2v) is 7.72. The van der Waals surface area contributed by atoms with E-state index in [9.17, 15) is 9.59 Å². The van der Waals surface area contributed by atoms with Gasteiger partial charge in [0, 0.05) is 76.1 Å². The van der Waals surface area contributed by atoms with Crippen molar-refractivity contribution in [2.24, 2.45) is 7.05 Å². The van der Waals surface area contributed by atoms with Gasteiger partial charge >= 0.3 is 0 Å². The first-order valence-electron chi connectivity index (χ1n) is 10.1. The van der Waals surface area contributed by atoms with E-state index in [1.807, 2.05) is 34.5 Å². The van der Waals surface area contributed by atoms with Crippen molar-refractivity contribution in [2.45, 2.75) is 32.7 Å². The highest BCUT2D eigenvalue weighted by molar-refractivity contribution is 5.94. The number of morpholine rings is 1. The van der Waals surface area contributed by atoms with E-state index in [2.05, 4.69) is 10.1 Å². The van der Waals surface area contributed by atoms with Crippen LogP contribution in [-0.4, -0.2) is 69.2 Å². The minimum atomic E-state index is -0.00829. The van der Waals surface area contributed by atoms with Gasteiger partial charge < -0.3 is 14.5 Å². The Morgan fingerprint density at radius 2 is 1.93 bits per heavy atom. The van der Waals surface area contributed by atoms with Gasteiger partial charge in [-0.05, 0) is 18.6 Å². The van der Waals surface area contributed by atoms with Crippen LogP contribution in [0.1, 0.15) is 39.3 Å². The lowest BCUT2D eigenvalue weighted by Gasteiger charge is -2.28. The van der Waals surface area contributed by atoms with Crippen LogP contribution in [-0.2, 0) is 36.0 Å². The van der Waals surface area contributed by atoms with Gasteiger partial charge in [0.05, 0.1) is 24.5 Å². The molecule has 8 nitrogen and oxygen atoms in total. The highest BCUT2D eigenvalue weighted by Gasteiger charge is 2.28. The minimum Gasteiger partial charge on any atom is -0.378 e. The highest BCUT2D eigenvalue weighted by atomic mass is 16.5. The van der Waals surface area contributed by atoms with E-state index in [0.717, 1.165) is 28.9 Å². The Balaban J connectivity index is 1.46. The van der Waals surface area contributed by atoms with E-state index >= 15 is 0 Å². The molecule has 0 unspecified atom stereocenters. The zero-order valence-electron chi connectivity index (χ0n) is 17.1. The Kier molecular flexibility index (Phi) is 5.62. The van der Waals surface area contributed by atoms with Crippen LogP contribution in [0.25, 0.3) is 0 Å². The average molecular weight is 397 g/mol. The molecular weight excluding hydrogens is 370 g/mol. The van der Waals surface area contributed by atoms with Crippen LogP contribution in [0.15, 0.2) is 18.5 Å². The fraction of sp³-hybridized carbons (Fsp3) is 0.524. The summed E-state index contributed by atoms with van der Waals surface area (Å²) >= 11 is 0. The number of carbonyl (C=O) groups is 2. The van der Waals surface area contributed by atoms with Crippen LogP contribution >= 0.6 is 0 Å². The second kappa shape index (κ2) is 8.32. The van der Waals surface area contributed by atoms with Crippen LogP contribution in [0.4, 0.5) is 0 Å². The van der Waals surface area contributed by atoms with E-state index < -0.39 is 0 Å².